The van der Waals surface area contributed by atoms with E-state index in [1.54, 1.807) is 21.2 Å². The second kappa shape index (κ2) is 6.90. The van der Waals surface area contributed by atoms with Gasteiger partial charge in [-0.2, -0.15) is 0 Å². The van der Waals surface area contributed by atoms with Crippen molar-refractivity contribution in [2.75, 3.05) is 27.8 Å². The van der Waals surface area contributed by atoms with Gasteiger partial charge in [0.05, 0.1) is 13.0 Å². The van der Waals surface area contributed by atoms with Crippen LogP contribution in [0.5, 0.6) is 0 Å². The van der Waals surface area contributed by atoms with Gasteiger partial charge >= 0.3 is 0 Å². The Morgan fingerprint density at radius 1 is 1.28 bits per heavy atom. The third-order valence-corrected chi connectivity index (χ3v) is 10.2. The monoisotopic (exact) mass is 375 g/mol. The molecule has 0 aromatic carbocycles. The maximum absolute atomic E-state index is 12.2. The average Bonchev–Trinajstić information content (AvgIpc) is 3.26. The van der Waals surface area contributed by atoms with Crippen molar-refractivity contribution >= 4 is 14.2 Å². The van der Waals surface area contributed by atoms with Gasteiger partial charge in [-0.25, -0.2) is 0 Å². The van der Waals surface area contributed by atoms with Gasteiger partial charge in [-0.15, -0.1) is 0 Å². The minimum Gasteiger partial charge on any atom is -0.414 e. The fourth-order valence-electron chi connectivity index (χ4n) is 2.76. The van der Waals surface area contributed by atoms with Crippen molar-refractivity contribution in [2.24, 2.45) is 0 Å². The van der Waals surface area contributed by atoms with Crippen LogP contribution < -0.4 is 0 Å². The molecule has 0 bridgehead atoms. The van der Waals surface area contributed by atoms with E-state index in [1.165, 1.54) is 4.90 Å². The summed E-state index contributed by atoms with van der Waals surface area (Å²) >= 11 is 0. The van der Waals surface area contributed by atoms with Crippen molar-refractivity contribution in [2.45, 2.75) is 75.5 Å². The molecule has 146 valence electrons. The number of hydrogen-bond donors (Lipinski definition) is 1. The number of rotatable bonds is 6. The van der Waals surface area contributed by atoms with Crippen LogP contribution in [0.3, 0.4) is 0 Å². The molecule has 1 amide bonds. The van der Waals surface area contributed by atoms with Gasteiger partial charge < -0.3 is 28.6 Å². The Hall–Kier alpha value is -0.513. The lowest BCUT2D eigenvalue weighted by atomic mass is 9.85. The van der Waals surface area contributed by atoms with E-state index >= 15 is 0 Å². The molecular formula is C17H33NO6Si. The molecule has 2 rings (SSSR count). The van der Waals surface area contributed by atoms with Crippen LogP contribution >= 0.6 is 0 Å². The molecule has 2 aliphatic heterocycles. The summed E-state index contributed by atoms with van der Waals surface area (Å²) in [4.78, 5) is 13.7. The lowest BCUT2D eigenvalue weighted by molar-refractivity contribution is -0.237. The largest absolute Gasteiger partial charge is 0.414 e. The SMILES string of the molecule is CO[C@H]1O[C@H](CO[Si](C)(C)C(C)(C)C)[C@](O)(CC(=O)N(C)C)[C@H]2O[C@@H]12. The van der Waals surface area contributed by atoms with Gasteiger partial charge in [0, 0.05) is 21.2 Å². The van der Waals surface area contributed by atoms with E-state index in [0.29, 0.717) is 0 Å². The topological polar surface area (TPSA) is 80.8 Å². The number of nitrogens with zero attached hydrogens (tertiary/aromatic N) is 1. The van der Waals surface area contributed by atoms with Gasteiger partial charge in [0.1, 0.15) is 23.9 Å². The van der Waals surface area contributed by atoms with Gasteiger partial charge in [-0.3, -0.25) is 4.79 Å². The standard InChI is InChI=1S/C17H33NO6Si/c1-16(2,3)25(7,8)22-10-11-17(20,9-12(19)18(4)5)14-13(24-14)15(21-6)23-11/h11,13-15,20H,9-10H2,1-8H3/t11-,13-,14+,15+,17-/m1/s1. The number of carbonyl (C=O) groups is 1. The Kier molecular flexibility index (Phi) is 5.74. The first-order valence-electron chi connectivity index (χ1n) is 8.73. The highest BCUT2D eigenvalue weighted by atomic mass is 28.4. The summed E-state index contributed by atoms with van der Waals surface area (Å²) < 4.78 is 23.1. The van der Waals surface area contributed by atoms with Crippen LogP contribution in [0.15, 0.2) is 0 Å². The van der Waals surface area contributed by atoms with E-state index in [2.05, 4.69) is 33.9 Å². The molecule has 0 unspecified atom stereocenters. The highest BCUT2D eigenvalue weighted by Gasteiger charge is 2.66. The van der Waals surface area contributed by atoms with E-state index in [-0.39, 0.29) is 30.1 Å². The predicted molar refractivity (Wildman–Crippen MR) is 95.7 cm³/mol. The zero-order chi connectivity index (χ0) is 19.2. The maximum atomic E-state index is 12.2. The van der Waals surface area contributed by atoms with Gasteiger partial charge in [-0.05, 0) is 18.1 Å². The van der Waals surface area contributed by atoms with Crippen molar-refractivity contribution < 1.29 is 28.5 Å². The summed E-state index contributed by atoms with van der Waals surface area (Å²) in [5.41, 5.74) is -1.41. The fourth-order valence-corrected chi connectivity index (χ4v) is 3.76. The van der Waals surface area contributed by atoms with Gasteiger partial charge in [-0.1, -0.05) is 20.8 Å². The van der Waals surface area contributed by atoms with Crippen LogP contribution in [0.25, 0.3) is 0 Å². The highest BCUT2D eigenvalue weighted by Crippen LogP contribution is 2.46. The molecule has 0 radical (unpaired) electrons. The predicted octanol–water partition coefficient (Wildman–Crippen LogP) is 1.36. The maximum Gasteiger partial charge on any atom is 0.225 e. The Morgan fingerprint density at radius 2 is 1.88 bits per heavy atom. The van der Waals surface area contributed by atoms with Crippen molar-refractivity contribution in [3.05, 3.63) is 0 Å². The first-order valence-corrected chi connectivity index (χ1v) is 11.6. The summed E-state index contributed by atoms with van der Waals surface area (Å²) in [7, 11) is 2.86. The Bertz CT molecular complexity index is 506. The Balaban J connectivity index is 2.17. The molecule has 1 N–H and O–H groups in total. The third-order valence-electron chi connectivity index (χ3n) is 5.71. The quantitative estimate of drug-likeness (QED) is 0.558. The number of hydrogen-bond acceptors (Lipinski definition) is 6. The molecule has 0 aromatic heterocycles. The highest BCUT2D eigenvalue weighted by molar-refractivity contribution is 6.74. The van der Waals surface area contributed by atoms with Crippen LogP contribution in [0.2, 0.25) is 18.1 Å². The molecule has 0 spiro atoms. The number of amides is 1. The van der Waals surface area contributed by atoms with Crippen molar-refractivity contribution in [1.29, 1.82) is 0 Å². The molecule has 2 fully saturated rings. The number of epoxide rings is 1. The Labute approximate surface area is 151 Å². The van der Waals surface area contributed by atoms with E-state index < -0.39 is 32.4 Å². The van der Waals surface area contributed by atoms with Crippen molar-refractivity contribution in [1.82, 2.24) is 4.90 Å². The minimum atomic E-state index is -2.02. The normalized spacial score (nSPS) is 35.2. The van der Waals surface area contributed by atoms with Crippen LogP contribution in [0, 0.1) is 0 Å². The van der Waals surface area contributed by atoms with Gasteiger partial charge in [0.15, 0.2) is 14.6 Å². The minimum absolute atomic E-state index is 0.0402. The lowest BCUT2D eigenvalue weighted by Crippen LogP contribution is -2.60. The van der Waals surface area contributed by atoms with Crippen LogP contribution in [-0.2, 0) is 23.4 Å². The van der Waals surface area contributed by atoms with Crippen LogP contribution in [0.1, 0.15) is 27.2 Å². The first kappa shape index (κ1) is 20.8. The number of fused-ring (bicyclic) bond motifs is 1. The molecule has 7 nitrogen and oxygen atoms in total. The molecule has 2 heterocycles. The molecule has 0 aromatic rings. The second-order valence-electron chi connectivity index (χ2n) is 8.78. The molecule has 0 aliphatic carbocycles. The number of methoxy groups -OCH3 is 1. The zero-order valence-electron chi connectivity index (χ0n) is 16.7. The number of aliphatic hydroxyl groups is 1. The summed E-state index contributed by atoms with van der Waals surface area (Å²) in [5, 5.41) is 11.3. The van der Waals surface area contributed by atoms with Crippen molar-refractivity contribution in [3.8, 4) is 0 Å². The molecule has 8 heteroatoms. The number of carbonyl (C=O) groups excluding carboxylic acids is 1. The van der Waals surface area contributed by atoms with E-state index in [0.717, 1.165) is 0 Å². The van der Waals surface area contributed by atoms with E-state index in [1.807, 2.05) is 0 Å². The molecule has 2 saturated heterocycles. The smallest absolute Gasteiger partial charge is 0.225 e. The average molecular weight is 376 g/mol. The second-order valence-corrected chi connectivity index (χ2v) is 13.6. The molecule has 5 atom stereocenters. The summed E-state index contributed by atoms with van der Waals surface area (Å²) in [5.74, 6) is -0.173. The van der Waals surface area contributed by atoms with Crippen LogP contribution in [-0.4, -0.2) is 82.2 Å². The summed E-state index contributed by atoms with van der Waals surface area (Å²) in [6.45, 7) is 11.0. The first-order chi connectivity index (χ1) is 11.3. The molecule has 0 saturated carbocycles. The summed E-state index contributed by atoms with van der Waals surface area (Å²) in [6.07, 6.45) is -2.10. The Morgan fingerprint density at radius 3 is 2.36 bits per heavy atom. The molecule has 2 aliphatic rings. The number of ether oxygens (including phenoxy) is 3. The van der Waals surface area contributed by atoms with Crippen molar-refractivity contribution in [3.63, 3.8) is 0 Å². The summed E-state index contributed by atoms with van der Waals surface area (Å²) in [6, 6.07) is 0. The molecular weight excluding hydrogens is 342 g/mol. The van der Waals surface area contributed by atoms with Crippen LogP contribution in [0.4, 0.5) is 0 Å². The third kappa shape index (κ3) is 4.09. The van der Waals surface area contributed by atoms with Gasteiger partial charge in [0.25, 0.3) is 0 Å². The van der Waals surface area contributed by atoms with Gasteiger partial charge in [0.2, 0.25) is 5.91 Å². The lowest BCUT2D eigenvalue weighted by Gasteiger charge is -2.43. The zero-order valence-corrected chi connectivity index (χ0v) is 17.7. The van der Waals surface area contributed by atoms with E-state index in [9.17, 15) is 9.90 Å². The van der Waals surface area contributed by atoms with E-state index in [4.69, 9.17) is 18.6 Å². The molecule has 25 heavy (non-hydrogen) atoms. The fraction of sp³-hybridized carbons (Fsp3) is 0.941.